The molecule has 1 atom stereocenters. The van der Waals surface area contributed by atoms with E-state index in [1.165, 1.54) is 0 Å². The number of amides is 1. The van der Waals surface area contributed by atoms with E-state index < -0.39 is 12.0 Å². The molecule has 0 saturated carbocycles. The molecule has 0 fully saturated rings. The molecular weight excluding hydrogens is 460 g/mol. The Hall–Kier alpha value is -4.48. The number of carboxylic acids is 1. The second-order valence-corrected chi connectivity index (χ2v) is 9.15. The first-order chi connectivity index (χ1) is 18.1. The molecule has 5 rings (SSSR count). The number of rotatable bonds is 9. The number of benzene rings is 5. The van der Waals surface area contributed by atoms with Crippen molar-refractivity contribution in [2.75, 3.05) is 6.54 Å². The van der Waals surface area contributed by atoms with Crippen LogP contribution in [0.15, 0.2) is 115 Å². The van der Waals surface area contributed by atoms with E-state index in [0.717, 1.165) is 38.2 Å². The number of nitrogens with zero attached hydrogens (tertiary/aromatic N) is 1. The van der Waals surface area contributed by atoms with Crippen LogP contribution in [0.2, 0.25) is 0 Å². The first-order valence-electron chi connectivity index (χ1n) is 12.3. The van der Waals surface area contributed by atoms with Crippen molar-refractivity contribution < 1.29 is 14.7 Å². The van der Waals surface area contributed by atoms with Crippen molar-refractivity contribution in [3.8, 4) is 0 Å². The summed E-state index contributed by atoms with van der Waals surface area (Å²) in [6.07, 6.45) is 0. The highest BCUT2D eigenvalue weighted by molar-refractivity contribution is 5.93. The third kappa shape index (κ3) is 5.68. The van der Waals surface area contributed by atoms with Crippen LogP contribution in [0.5, 0.6) is 0 Å². The fraction of sp³-hybridized carbons (Fsp3) is 0.125. The largest absolute Gasteiger partial charge is 0.480 e. The molecule has 0 bridgehead atoms. The first-order valence-corrected chi connectivity index (χ1v) is 12.3. The molecule has 2 N–H and O–H groups in total. The van der Waals surface area contributed by atoms with Gasteiger partial charge in [-0.1, -0.05) is 109 Å². The van der Waals surface area contributed by atoms with Gasteiger partial charge in [-0.05, 0) is 44.3 Å². The maximum absolute atomic E-state index is 13.9. The summed E-state index contributed by atoms with van der Waals surface area (Å²) in [4.78, 5) is 27.6. The molecule has 1 amide bonds. The minimum atomic E-state index is -0.983. The predicted octanol–water partition coefficient (Wildman–Crippen LogP) is 5.94. The lowest BCUT2D eigenvalue weighted by molar-refractivity contribution is -0.140. The monoisotopic (exact) mass is 488 g/mol. The van der Waals surface area contributed by atoms with Gasteiger partial charge in [0.15, 0.2) is 0 Å². The SMILES string of the molecule is O=C(O)CN(Cc1ccccc1)C(C(=O)NCc1ccc2ccccc2c1)c1cccc2ccccc12. The van der Waals surface area contributed by atoms with Gasteiger partial charge in [0.25, 0.3) is 0 Å². The average molecular weight is 489 g/mol. The molecule has 0 saturated heterocycles. The Morgan fingerprint density at radius 1 is 0.703 bits per heavy atom. The molecule has 0 spiro atoms. The molecule has 0 aliphatic rings. The van der Waals surface area contributed by atoms with Gasteiger partial charge in [0.1, 0.15) is 6.04 Å². The second kappa shape index (κ2) is 11.1. The topological polar surface area (TPSA) is 69.6 Å². The fourth-order valence-corrected chi connectivity index (χ4v) is 4.86. The average Bonchev–Trinajstić information content (AvgIpc) is 2.92. The molecule has 0 radical (unpaired) electrons. The lowest BCUT2D eigenvalue weighted by Crippen LogP contribution is -2.42. The molecule has 0 aromatic heterocycles. The molecule has 5 aromatic rings. The van der Waals surface area contributed by atoms with Gasteiger partial charge in [-0.25, -0.2) is 0 Å². The van der Waals surface area contributed by atoms with Crippen LogP contribution in [0.1, 0.15) is 22.7 Å². The van der Waals surface area contributed by atoms with E-state index in [2.05, 4.69) is 17.4 Å². The van der Waals surface area contributed by atoms with Gasteiger partial charge in [0.2, 0.25) is 5.91 Å². The number of nitrogens with one attached hydrogen (secondary N) is 1. The number of hydrogen-bond acceptors (Lipinski definition) is 3. The quantitative estimate of drug-likeness (QED) is 0.270. The molecule has 1 unspecified atom stereocenters. The van der Waals surface area contributed by atoms with Gasteiger partial charge in [-0.3, -0.25) is 14.5 Å². The van der Waals surface area contributed by atoms with Crippen molar-refractivity contribution >= 4 is 33.4 Å². The summed E-state index contributed by atoms with van der Waals surface area (Å²) in [6.45, 7) is 0.397. The normalized spacial score (nSPS) is 12.0. The number of fused-ring (bicyclic) bond motifs is 2. The Morgan fingerprint density at radius 3 is 2.16 bits per heavy atom. The van der Waals surface area contributed by atoms with Crippen LogP contribution >= 0.6 is 0 Å². The van der Waals surface area contributed by atoms with Gasteiger partial charge in [-0.2, -0.15) is 0 Å². The highest BCUT2D eigenvalue weighted by Gasteiger charge is 2.30. The Morgan fingerprint density at radius 2 is 1.38 bits per heavy atom. The van der Waals surface area contributed by atoms with Crippen molar-refractivity contribution in [3.63, 3.8) is 0 Å². The molecule has 37 heavy (non-hydrogen) atoms. The summed E-state index contributed by atoms with van der Waals surface area (Å²) < 4.78 is 0. The number of carboxylic acid groups (broad SMARTS) is 1. The van der Waals surface area contributed by atoms with E-state index >= 15 is 0 Å². The van der Waals surface area contributed by atoms with E-state index in [9.17, 15) is 14.7 Å². The minimum Gasteiger partial charge on any atom is -0.480 e. The Balaban J connectivity index is 1.51. The van der Waals surface area contributed by atoms with Crippen LogP contribution in [0.4, 0.5) is 0 Å². The van der Waals surface area contributed by atoms with Crippen LogP contribution < -0.4 is 5.32 Å². The molecule has 5 nitrogen and oxygen atoms in total. The zero-order chi connectivity index (χ0) is 25.6. The highest BCUT2D eigenvalue weighted by Crippen LogP contribution is 2.30. The first kappa shape index (κ1) is 24.2. The lowest BCUT2D eigenvalue weighted by Gasteiger charge is -2.31. The fourth-order valence-electron chi connectivity index (χ4n) is 4.86. The number of aliphatic carboxylic acids is 1. The molecule has 0 aliphatic carbocycles. The zero-order valence-corrected chi connectivity index (χ0v) is 20.4. The summed E-state index contributed by atoms with van der Waals surface area (Å²) in [5, 5.41) is 17.1. The van der Waals surface area contributed by atoms with E-state index in [0.29, 0.717) is 13.1 Å². The van der Waals surface area contributed by atoms with Crippen molar-refractivity contribution in [1.82, 2.24) is 10.2 Å². The maximum atomic E-state index is 13.9. The Kier molecular flexibility index (Phi) is 7.24. The molecule has 0 aliphatic heterocycles. The smallest absolute Gasteiger partial charge is 0.317 e. The van der Waals surface area contributed by atoms with E-state index in [-0.39, 0.29) is 12.5 Å². The van der Waals surface area contributed by atoms with E-state index in [4.69, 9.17) is 0 Å². The van der Waals surface area contributed by atoms with E-state index in [1.54, 1.807) is 4.90 Å². The maximum Gasteiger partial charge on any atom is 0.317 e. The van der Waals surface area contributed by atoms with Crippen LogP contribution in [-0.2, 0) is 22.7 Å². The van der Waals surface area contributed by atoms with E-state index in [1.807, 2.05) is 103 Å². The third-order valence-corrected chi connectivity index (χ3v) is 6.58. The van der Waals surface area contributed by atoms with Crippen molar-refractivity contribution in [2.45, 2.75) is 19.1 Å². The molecular formula is C32H28N2O3. The lowest BCUT2D eigenvalue weighted by atomic mass is 9.96. The van der Waals surface area contributed by atoms with Gasteiger partial charge in [0.05, 0.1) is 6.54 Å². The standard InChI is InChI=1S/C32H28N2O3/c35-30(36)22-34(21-23-9-2-1-3-10-23)31(29-16-8-14-26-12-6-7-15-28(26)29)32(37)33-20-24-17-18-25-11-4-5-13-27(25)19-24/h1-19,31H,20-22H2,(H,33,37)(H,35,36). The number of carbonyl (C=O) groups is 2. The van der Waals surface area contributed by atoms with Crippen LogP contribution in [0, 0.1) is 0 Å². The summed E-state index contributed by atoms with van der Waals surface area (Å²) in [6, 6.07) is 36.8. The summed E-state index contributed by atoms with van der Waals surface area (Å²) >= 11 is 0. The Bertz CT molecular complexity index is 1540. The van der Waals surface area contributed by atoms with Gasteiger partial charge >= 0.3 is 5.97 Å². The summed E-state index contributed by atoms with van der Waals surface area (Å²) in [5.41, 5.74) is 2.71. The Labute approximate surface area is 216 Å². The minimum absolute atomic E-state index is 0.235. The zero-order valence-electron chi connectivity index (χ0n) is 20.4. The van der Waals surface area contributed by atoms with Crippen LogP contribution in [-0.4, -0.2) is 28.4 Å². The predicted molar refractivity (Wildman–Crippen MR) is 147 cm³/mol. The van der Waals surface area contributed by atoms with Crippen molar-refractivity contribution in [3.05, 3.63) is 132 Å². The van der Waals surface area contributed by atoms with Gasteiger partial charge in [-0.15, -0.1) is 0 Å². The van der Waals surface area contributed by atoms with Gasteiger partial charge in [0, 0.05) is 13.1 Å². The molecule has 5 aromatic carbocycles. The van der Waals surface area contributed by atoms with Gasteiger partial charge < -0.3 is 10.4 Å². The second-order valence-electron chi connectivity index (χ2n) is 9.15. The van der Waals surface area contributed by atoms with Crippen molar-refractivity contribution in [1.29, 1.82) is 0 Å². The third-order valence-electron chi connectivity index (χ3n) is 6.58. The summed E-state index contributed by atoms with van der Waals surface area (Å²) in [7, 11) is 0. The molecule has 184 valence electrons. The van der Waals surface area contributed by atoms with Crippen molar-refractivity contribution in [2.24, 2.45) is 0 Å². The summed E-state index contributed by atoms with van der Waals surface area (Å²) in [5.74, 6) is -1.22. The number of carbonyl (C=O) groups excluding carboxylic acids is 1. The molecule has 5 heteroatoms. The highest BCUT2D eigenvalue weighted by atomic mass is 16.4. The molecule has 0 heterocycles. The van der Waals surface area contributed by atoms with Crippen LogP contribution in [0.25, 0.3) is 21.5 Å². The number of hydrogen-bond donors (Lipinski definition) is 2. The van der Waals surface area contributed by atoms with Crippen LogP contribution in [0.3, 0.4) is 0 Å².